The molecular formula is C13H15NO6. The van der Waals surface area contributed by atoms with Crippen LogP contribution >= 0.6 is 0 Å². The van der Waals surface area contributed by atoms with Gasteiger partial charge < -0.3 is 20.7 Å². The predicted molar refractivity (Wildman–Crippen MR) is 68.3 cm³/mol. The zero-order valence-electron chi connectivity index (χ0n) is 10.6. The highest BCUT2D eigenvalue weighted by atomic mass is 16.5. The Hall–Kier alpha value is -2.41. The summed E-state index contributed by atoms with van der Waals surface area (Å²) in [4.78, 5) is 32.2. The number of nitrogens with two attached hydrogens (primary N) is 1. The zero-order valence-corrected chi connectivity index (χ0v) is 10.6. The summed E-state index contributed by atoms with van der Waals surface area (Å²) in [5.74, 6) is -2.52. The Morgan fingerprint density at radius 2 is 1.70 bits per heavy atom. The average molecular weight is 281 g/mol. The molecule has 0 saturated carbocycles. The first-order chi connectivity index (χ1) is 9.38. The van der Waals surface area contributed by atoms with Crippen LogP contribution < -0.4 is 10.5 Å². The van der Waals surface area contributed by atoms with E-state index in [1.54, 1.807) is 12.1 Å². The molecule has 7 heteroatoms. The van der Waals surface area contributed by atoms with Gasteiger partial charge in [0, 0.05) is 0 Å². The summed E-state index contributed by atoms with van der Waals surface area (Å²) in [5, 5.41) is 17.1. The van der Waals surface area contributed by atoms with E-state index in [9.17, 15) is 14.4 Å². The van der Waals surface area contributed by atoms with Crippen molar-refractivity contribution < 1.29 is 29.3 Å². The van der Waals surface area contributed by atoms with E-state index >= 15 is 0 Å². The minimum atomic E-state index is -1.09. The lowest BCUT2D eigenvalue weighted by Gasteiger charge is -2.07. The van der Waals surface area contributed by atoms with Crippen LogP contribution in [0.5, 0.6) is 5.75 Å². The van der Waals surface area contributed by atoms with E-state index < -0.39 is 23.9 Å². The van der Waals surface area contributed by atoms with E-state index in [4.69, 9.17) is 20.7 Å². The lowest BCUT2D eigenvalue weighted by molar-refractivity contribution is -0.142. The van der Waals surface area contributed by atoms with Crippen molar-refractivity contribution in [2.75, 3.05) is 0 Å². The molecule has 4 N–H and O–H groups in total. The number of carbonyl (C=O) groups excluding carboxylic acids is 1. The van der Waals surface area contributed by atoms with Crippen LogP contribution in [0.4, 0.5) is 0 Å². The largest absolute Gasteiger partial charge is 0.481 e. The fourth-order valence-electron chi connectivity index (χ4n) is 1.43. The highest BCUT2D eigenvalue weighted by Gasteiger charge is 2.12. The first-order valence-corrected chi connectivity index (χ1v) is 5.88. The SMILES string of the molecule is NC(Cc1ccc(OC(=O)CCC(=O)O)cc1)C(=O)O. The van der Waals surface area contributed by atoms with Crippen LogP contribution in [-0.2, 0) is 20.8 Å². The monoisotopic (exact) mass is 281 g/mol. The topological polar surface area (TPSA) is 127 Å². The number of esters is 1. The molecule has 0 spiro atoms. The molecule has 0 amide bonds. The number of ether oxygens (including phenoxy) is 1. The van der Waals surface area contributed by atoms with Gasteiger partial charge in [-0.3, -0.25) is 14.4 Å². The molecule has 108 valence electrons. The van der Waals surface area contributed by atoms with Crippen molar-refractivity contribution in [2.45, 2.75) is 25.3 Å². The molecule has 0 radical (unpaired) electrons. The van der Waals surface area contributed by atoms with Gasteiger partial charge >= 0.3 is 17.9 Å². The van der Waals surface area contributed by atoms with Crippen molar-refractivity contribution in [1.82, 2.24) is 0 Å². The first-order valence-electron chi connectivity index (χ1n) is 5.88. The van der Waals surface area contributed by atoms with E-state index in [1.807, 2.05) is 0 Å². The van der Waals surface area contributed by atoms with Gasteiger partial charge in [-0.15, -0.1) is 0 Å². The molecule has 7 nitrogen and oxygen atoms in total. The molecule has 1 rings (SSSR count). The van der Waals surface area contributed by atoms with Gasteiger partial charge in [0.15, 0.2) is 0 Å². The Labute approximate surface area is 115 Å². The van der Waals surface area contributed by atoms with Crippen LogP contribution in [-0.4, -0.2) is 34.2 Å². The van der Waals surface area contributed by atoms with Crippen LogP contribution in [0.2, 0.25) is 0 Å². The van der Waals surface area contributed by atoms with Crippen LogP contribution in [0, 0.1) is 0 Å². The molecule has 1 atom stereocenters. The van der Waals surface area contributed by atoms with Gasteiger partial charge in [-0.25, -0.2) is 0 Å². The number of aliphatic carboxylic acids is 2. The molecule has 1 unspecified atom stereocenters. The Balaban J connectivity index is 2.52. The zero-order chi connectivity index (χ0) is 15.1. The van der Waals surface area contributed by atoms with E-state index in [2.05, 4.69) is 0 Å². The third kappa shape index (κ3) is 5.49. The number of carboxylic acids is 2. The fraction of sp³-hybridized carbons (Fsp3) is 0.308. The summed E-state index contributed by atoms with van der Waals surface area (Å²) in [7, 11) is 0. The molecule has 0 heterocycles. The van der Waals surface area contributed by atoms with E-state index in [1.165, 1.54) is 12.1 Å². The molecule has 0 aliphatic carbocycles. The van der Waals surface area contributed by atoms with Crippen LogP contribution in [0.1, 0.15) is 18.4 Å². The van der Waals surface area contributed by atoms with Gasteiger partial charge in [0.05, 0.1) is 12.8 Å². The van der Waals surface area contributed by atoms with Crippen molar-refractivity contribution >= 4 is 17.9 Å². The maximum absolute atomic E-state index is 11.3. The lowest BCUT2D eigenvalue weighted by Crippen LogP contribution is -2.32. The second kappa shape index (κ2) is 7.25. The van der Waals surface area contributed by atoms with Gasteiger partial charge in [0.1, 0.15) is 11.8 Å². The first kappa shape index (κ1) is 15.6. The number of rotatable bonds is 7. The number of carboxylic acid groups (broad SMARTS) is 2. The van der Waals surface area contributed by atoms with Crippen LogP contribution in [0.25, 0.3) is 0 Å². The molecule has 0 aromatic heterocycles. The van der Waals surface area contributed by atoms with Gasteiger partial charge in [-0.2, -0.15) is 0 Å². The number of hydrogen-bond donors (Lipinski definition) is 3. The highest BCUT2D eigenvalue weighted by Crippen LogP contribution is 2.14. The third-order valence-corrected chi connectivity index (χ3v) is 2.47. The summed E-state index contributed by atoms with van der Waals surface area (Å²) in [5.41, 5.74) is 6.09. The molecule has 20 heavy (non-hydrogen) atoms. The van der Waals surface area contributed by atoms with E-state index in [-0.39, 0.29) is 25.0 Å². The smallest absolute Gasteiger partial charge is 0.320 e. The maximum Gasteiger partial charge on any atom is 0.320 e. The normalized spacial score (nSPS) is 11.7. The summed E-state index contributed by atoms with van der Waals surface area (Å²) >= 11 is 0. The molecule has 0 fully saturated rings. The second-order valence-corrected chi connectivity index (χ2v) is 4.16. The Morgan fingerprint density at radius 1 is 1.10 bits per heavy atom. The Bertz CT molecular complexity index is 496. The molecule has 0 aliphatic rings. The molecule has 0 bridgehead atoms. The maximum atomic E-state index is 11.3. The Kier molecular flexibility index (Phi) is 5.67. The van der Waals surface area contributed by atoms with Gasteiger partial charge in [-0.05, 0) is 24.1 Å². The molecular weight excluding hydrogens is 266 g/mol. The number of carbonyl (C=O) groups is 3. The van der Waals surface area contributed by atoms with Crippen molar-refractivity contribution in [1.29, 1.82) is 0 Å². The minimum Gasteiger partial charge on any atom is -0.481 e. The minimum absolute atomic E-state index is 0.169. The quantitative estimate of drug-likeness (QED) is 0.488. The van der Waals surface area contributed by atoms with Gasteiger partial charge in [0.25, 0.3) is 0 Å². The number of hydrogen-bond acceptors (Lipinski definition) is 5. The van der Waals surface area contributed by atoms with Crippen LogP contribution in [0.3, 0.4) is 0 Å². The summed E-state index contributed by atoms with van der Waals surface area (Å²) in [6.07, 6.45) is -0.325. The van der Waals surface area contributed by atoms with Crippen LogP contribution in [0.15, 0.2) is 24.3 Å². The fourth-order valence-corrected chi connectivity index (χ4v) is 1.43. The second-order valence-electron chi connectivity index (χ2n) is 4.16. The van der Waals surface area contributed by atoms with E-state index in [0.717, 1.165) is 0 Å². The number of benzene rings is 1. The Morgan fingerprint density at radius 3 is 2.20 bits per heavy atom. The summed E-state index contributed by atoms with van der Waals surface area (Å²) < 4.78 is 4.92. The standard InChI is InChI=1S/C13H15NO6/c14-10(13(18)19)7-8-1-3-9(4-2-8)20-12(17)6-5-11(15)16/h1-4,10H,5-7,14H2,(H,15,16)(H,18,19). The lowest BCUT2D eigenvalue weighted by atomic mass is 10.1. The van der Waals surface area contributed by atoms with Gasteiger partial charge in [-0.1, -0.05) is 12.1 Å². The molecule has 1 aromatic rings. The van der Waals surface area contributed by atoms with Gasteiger partial charge in [0.2, 0.25) is 0 Å². The highest BCUT2D eigenvalue weighted by molar-refractivity contribution is 5.78. The van der Waals surface area contributed by atoms with Crippen molar-refractivity contribution in [3.05, 3.63) is 29.8 Å². The summed E-state index contributed by atoms with van der Waals surface area (Å²) in [6.45, 7) is 0. The molecule has 1 aromatic carbocycles. The van der Waals surface area contributed by atoms with Crippen molar-refractivity contribution in [3.8, 4) is 5.75 Å². The third-order valence-electron chi connectivity index (χ3n) is 2.47. The van der Waals surface area contributed by atoms with E-state index in [0.29, 0.717) is 5.56 Å². The average Bonchev–Trinajstić information content (AvgIpc) is 2.38. The molecule has 0 aliphatic heterocycles. The van der Waals surface area contributed by atoms with Crippen molar-refractivity contribution in [3.63, 3.8) is 0 Å². The predicted octanol–water partition coefficient (Wildman–Crippen LogP) is 0.411. The van der Waals surface area contributed by atoms with Crippen molar-refractivity contribution in [2.24, 2.45) is 5.73 Å². The molecule has 0 saturated heterocycles. The summed E-state index contributed by atoms with van der Waals surface area (Å²) in [6, 6.07) is 5.22.